The van der Waals surface area contributed by atoms with E-state index in [1.165, 1.54) is 15.6 Å². The van der Waals surface area contributed by atoms with Crippen molar-refractivity contribution in [3.63, 3.8) is 0 Å². The van der Waals surface area contributed by atoms with Crippen LogP contribution in [0.2, 0.25) is 4.34 Å². The van der Waals surface area contributed by atoms with Crippen molar-refractivity contribution < 1.29 is 13.2 Å². The van der Waals surface area contributed by atoms with Gasteiger partial charge >= 0.3 is 0 Å². The largest absolute Gasteiger partial charge is 0.335 e. The van der Waals surface area contributed by atoms with Gasteiger partial charge in [-0.25, -0.2) is 8.42 Å². The number of hydrogen-bond donors (Lipinski definition) is 0. The number of hydrogen-bond acceptors (Lipinski definition) is 4. The van der Waals surface area contributed by atoms with Crippen LogP contribution in [0.15, 0.2) is 35.2 Å². The molecule has 1 aliphatic rings. The highest BCUT2D eigenvalue weighted by Crippen LogP contribution is 2.24. The first kappa shape index (κ1) is 18.4. The van der Waals surface area contributed by atoms with Gasteiger partial charge in [0, 0.05) is 26.2 Å². The third kappa shape index (κ3) is 3.74. The molecule has 5 nitrogen and oxygen atoms in total. The first-order chi connectivity index (χ1) is 11.8. The second-order valence-corrected chi connectivity index (χ2v) is 9.70. The Morgan fingerprint density at radius 2 is 1.72 bits per heavy atom. The zero-order chi connectivity index (χ0) is 18.2. The van der Waals surface area contributed by atoms with Gasteiger partial charge in [0.1, 0.15) is 0 Å². The van der Waals surface area contributed by atoms with Crippen molar-refractivity contribution in [1.29, 1.82) is 0 Å². The summed E-state index contributed by atoms with van der Waals surface area (Å²) >= 11 is 7.12. The molecule has 0 aliphatic carbocycles. The molecule has 0 bridgehead atoms. The summed E-state index contributed by atoms with van der Waals surface area (Å²) in [6.07, 6.45) is 0. The summed E-state index contributed by atoms with van der Waals surface area (Å²) < 4.78 is 27.6. The van der Waals surface area contributed by atoms with E-state index in [-0.39, 0.29) is 5.91 Å². The molecule has 134 valence electrons. The van der Waals surface area contributed by atoms with Crippen molar-refractivity contribution in [2.45, 2.75) is 18.7 Å². The molecular formula is C17H19ClN2O3S2. The maximum Gasteiger partial charge on any atom is 0.264 e. The van der Waals surface area contributed by atoms with E-state index in [1.807, 2.05) is 19.9 Å². The summed E-state index contributed by atoms with van der Waals surface area (Å²) in [6, 6.07) is 8.56. The molecule has 2 heterocycles. The lowest BCUT2D eigenvalue weighted by molar-refractivity contribution is 0.0703. The molecule has 25 heavy (non-hydrogen) atoms. The lowest BCUT2D eigenvalue weighted by Crippen LogP contribution is -2.50. The fraction of sp³-hybridized carbons (Fsp3) is 0.353. The molecule has 0 N–H and O–H groups in total. The van der Waals surface area contributed by atoms with Crippen LogP contribution in [0.4, 0.5) is 0 Å². The van der Waals surface area contributed by atoms with Gasteiger partial charge in [-0.2, -0.15) is 4.31 Å². The number of carbonyl (C=O) groups is 1. The van der Waals surface area contributed by atoms with E-state index >= 15 is 0 Å². The van der Waals surface area contributed by atoms with E-state index in [9.17, 15) is 13.2 Å². The lowest BCUT2D eigenvalue weighted by Gasteiger charge is -2.33. The van der Waals surface area contributed by atoms with Crippen LogP contribution in [0, 0.1) is 13.8 Å². The highest BCUT2D eigenvalue weighted by molar-refractivity contribution is 7.89. The summed E-state index contributed by atoms with van der Waals surface area (Å²) in [5.74, 6) is -0.0971. The number of nitrogens with zero attached hydrogens (tertiary/aromatic N) is 2. The average molecular weight is 399 g/mol. The monoisotopic (exact) mass is 398 g/mol. The van der Waals surface area contributed by atoms with Gasteiger partial charge in [-0.3, -0.25) is 4.79 Å². The molecule has 0 atom stereocenters. The van der Waals surface area contributed by atoms with Gasteiger partial charge in [-0.1, -0.05) is 17.7 Å². The van der Waals surface area contributed by atoms with Crippen LogP contribution >= 0.6 is 22.9 Å². The normalized spacial score (nSPS) is 16.2. The predicted octanol–water partition coefficient (Wildman–Crippen LogP) is 3.17. The van der Waals surface area contributed by atoms with Gasteiger partial charge in [0.15, 0.2) is 0 Å². The number of piperazine rings is 1. The Bertz CT molecular complexity index is 900. The number of rotatable bonds is 3. The fourth-order valence-electron chi connectivity index (χ4n) is 2.74. The Morgan fingerprint density at radius 3 is 2.28 bits per heavy atom. The van der Waals surface area contributed by atoms with Crippen molar-refractivity contribution >= 4 is 38.9 Å². The number of thiophene rings is 1. The lowest BCUT2D eigenvalue weighted by atomic mass is 10.1. The molecule has 0 unspecified atom stereocenters. The number of benzene rings is 1. The zero-order valence-corrected chi connectivity index (χ0v) is 16.4. The Kier molecular flexibility index (Phi) is 5.20. The summed E-state index contributed by atoms with van der Waals surface area (Å²) in [6.45, 7) is 5.18. The van der Waals surface area contributed by atoms with Crippen molar-refractivity contribution in [2.75, 3.05) is 26.2 Å². The summed E-state index contributed by atoms with van der Waals surface area (Å²) in [5.41, 5.74) is 2.01. The average Bonchev–Trinajstić information content (AvgIpc) is 3.03. The number of sulfonamides is 1. The molecule has 1 aromatic heterocycles. The first-order valence-corrected chi connectivity index (χ1v) is 10.5. The molecule has 1 amide bonds. The van der Waals surface area contributed by atoms with Gasteiger partial charge in [-0.05, 0) is 49.2 Å². The van der Waals surface area contributed by atoms with Gasteiger partial charge in [0.25, 0.3) is 5.91 Å². The van der Waals surface area contributed by atoms with E-state index in [1.54, 1.807) is 29.2 Å². The summed E-state index contributed by atoms with van der Waals surface area (Å²) in [7, 11) is -3.53. The number of aryl methyl sites for hydroxylation is 2. The highest BCUT2D eigenvalue weighted by atomic mass is 35.5. The van der Waals surface area contributed by atoms with Crippen LogP contribution in [0.3, 0.4) is 0 Å². The predicted molar refractivity (Wildman–Crippen MR) is 99.9 cm³/mol. The van der Waals surface area contributed by atoms with Gasteiger partial charge in [0.2, 0.25) is 10.0 Å². The highest BCUT2D eigenvalue weighted by Gasteiger charge is 2.30. The van der Waals surface area contributed by atoms with Crippen LogP contribution in [-0.4, -0.2) is 49.7 Å². The van der Waals surface area contributed by atoms with Gasteiger partial charge < -0.3 is 4.90 Å². The molecule has 1 aliphatic heterocycles. The second-order valence-electron chi connectivity index (χ2n) is 6.05. The maximum absolute atomic E-state index is 12.8. The first-order valence-electron chi connectivity index (χ1n) is 7.91. The van der Waals surface area contributed by atoms with Crippen molar-refractivity contribution in [1.82, 2.24) is 9.21 Å². The fourth-order valence-corrected chi connectivity index (χ4v) is 5.26. The van der Waals surface area contributed by atoms with Crippen LogP contribution < -0.4 is 0 Å². The SMILES string of the molecule is Cc1ccc(S(=O)(=O)N2CCN(C(=O)c3ccc(Cl)s3)CC2)cc1C. The molecule has 0 saturated carbocycles. The summed E-state index contributed by atoms with van der Waals surface area (Å²) in [5, 5.41) is 0. The maximum atomic E-state index is 12.8. The minimum Gasteiger partial charge on any atom is -0.335 e. The van der Waals surface area contributed by atoms with E-state index in [0.717, 1.165) is 11.1 Å². The Labute approximate surface area is 156 Å². The minimum absolute atomic E-state index is 0.0971. The molecule has 2 aromatic rings. The van der Waals surface area contributed by atoms with E-state index in [4.69, 9.17) is 11.6 Å². The third-order valence-electron chi connectivity index (χ3n) is 4.43. The van der Waals surface area contributed by atoms with Crippen LogP contribution in [0.25, 0.3) is 0 Å². The molecule has 8 heteroatoms. The van der Waals surface area contributed by atoms with Crippen molar-refractivity contribution in [2.24, 2.45) is 0 Å². The van der Waals surface area contributed by atoms with E-state index < -0.39 is 10.0 Å². The number of halogens is 1. The quantitative estimate of drug-likeness (QED) is 0.797. The minimum atomic E-state index is -3.53. The van der Waals surface area contributed by atoms with Crippen molar-refractivity contribution in [3.8, 4) is 0 Å². The topological polar surface area (TPSA) is 57.7 Å². The van der Waals surface area contributed by atoms with Crippen molar-refractivity contribution in [3.05, 3.63) is 50.7 Å². The standard InChI is InChI=1S/C17H19ClN2O3S2/c1-12-3-4-14(11-13(12)2)25(22,23)20-9-7-19(8-10-20)17(21)15-5-6-16(18)24-15/h3-6,11H,7-10H2,1-2H3. The third-order valence-corrected chi connectivity index (χ3v) is 7.54. The Hall–Kier alpha value is -1.41. The Morgan fingerprint density at radius 1 is 1.04 bits per heavy atom. The van der Waals surface area contributed by atoms with E-state index in [2.05, 4.69) is 0 Å². The molecule has 0 spiro atoms. The van der Waals surface area contributed by atoms with Gasteiger partial charge in [0.05, 0.1) is 14.1 Å². The second kappa shape index (κ2) is 7.07. The number of carbonyl (C=O) groups excluding carboxylic acids is 1. The molecular weight excluding hydrogens is 380 g/mol. The number of amides is 1. The summed E-state index contributed by atoms with van der Waals surface area (Å²) in [4.78, 5) is 15.0. The van der Waals surface area contributed by atoms with E-state index in [0.29, 0.717) is 40.3 Å². The molecule has 1 saturated heterocycles. The Balaban J connectivity index is 1.71. The van der Waals surface area contributed by atoms with Crippen LogP contribution in [-0.2, 0) is 10.0 Å². The zero-order valence-electron chi connectivity index (χ0n) is 14.0. The molecule has 1 aromatic carbocycles. The smallest absolute Gasteiger partial charge is 0.264 e. The molecule has 0 radical (unpaired) electrons. The van der Waals surface area contributed by atoms with Crippen LogP contribution in [0.1, 0.15) is 20.8 Å². The van der Waals surface area contributed by atoms with Gasteiger partial charge in [-0.15, -0.1) is 11.3 Å². The van der Waals surface area contributed by atoms with Crippen LogP contribution in [0.5, 0.6) is 0 Å². The molecule has 3 rings (SSSR count). The molecule has 1 fully saturated rings.